The van der Waals surface area contributed by atoms with Crippen LogP contribution in [-0.4, -0.2) is 10.2 Å². The third kappa shape index (κ3) is 2.85. The smallest absolute Gasteiger partial charge is 0.278 e. The van der Waals surface area contributed by atoms with Crippen LogP contribution in [-0.2, 0) is 0 Å². The first-order valence-electron chi connectivity index (χ1n) is 4.56. The van der Waals surface area contributed by atoms with Crippen LogP contribution < -0.4 is 4.74 Å². The summed E-state index contributed by atoms with van der Waals surface area (Å²) in [5.41, 5.74) is 0. The Morgan fingerprint density at radius 3 is 2.88 bits per heavy atom. The van der Waals surface area contributed by atoms with Gasteiger partial charge in [-0.25, -0.2) is 0 Å². The molecule has 0 radical (unpaired) electrons. The van der Waals surface area contributed by atoms with Crippen molar-refractivity contribution in [2.45, 2.75) is 13.0 Å². The highest BCUT2D eigenvalue weighted by atomic mass is 127. The third-order valence-corrected chi connectivity index (χ3v) is 2.54. The summed E-state index contributed by atoms with van der Waals surface area (Å²) in [5, 5.41) is 8.24. The Morgan fingerprint density at radius 1 is 1.44 bits per heavy atom. The topological polar surface area (TPSA) is 48.2 Å². The number of ether oxygens (including phenoxy) is 1. The molecule has 1 aromatic carbocycles. The van der Waals surface area contributed by atoms with Gasteiger partial charge in [-0.3, -0.25) is 0 Å². The van der Waals surface area contributed by atoms with E-state index in [1.165, 1.54) is 0 Å². The second-order valence-corrected chi connectivity index (χ2v) is 4.47. The van der Waals surface area contributed by atoms with Crippen molar-refractivity contribution >= 4 is 34.2 Å². The van der Waals surface area contributed by atoms with E-state index in [-0.39, 0.29) is 6.10 Å². The highest BCUT2D eigenvalue weighted by Gasteiger charge is 2.14. The van der Waals surface area contributed by atoms with Crippen molar-refractivity contribution in [3.8, 4) is 5.75 Å². The summed E-state index contributed by atoms with van der Waals surface area (Å²) in [6, 6.07) is 7.17. The van der Waals surface area contributed by atoms with Gasteiger partial charge in [-0.1, -0.05) is 17.7 Å². The minimum absolute atomic E-state index is 0.297. The van der Waals surface area contributed by atoms with Crippen LogP contribution >= 0.6 is 34.2 Å². The molecule has 4 nitrogen and oxygen atoms in total. The predicted molar refractivity (Wildman–Crippen MR) is 67.5 cm³/mol. The first-order chi connectivity index (χ1) is 7.65. The van der Waals surface area contributed by atoms with Crippen molar-refractivity contribution in [2.24, 2.45) is 0 Å². The maximum atomic E-state index is 5.85. The zero-order chi connectivity index (χ0) is 11.5. The number of halogens is 2. The van der Waals surface area contributed by atoms with E-state index in [1.807, 2.05) is 41.6 Å². The van der Waals surface area contributed by atoms with Crippen molar-refractivity contribution in [2.75, 3.05) is 0 Å². The molecule has 0 spiro atoms. The van der Waals surface area contributed by atoms with Gasteiger partial charge >= 0.3 is 0 Å². The van der Waals surface area contributed by atoms with E-state index in [2.05, 4.69) is 10.2 Å². The van der Waals surface area contributed by atoms with Gasteiger partial charge in [-0.2, -0.15) is 0 Å². The quantitative estimate of drug-likeness (QED) is 0.795. The molecule has 0 aliphatic heterocycles. The van der Waals surface area contributed by atoms with Gasteiger partial charge < -0.3 is 9.15 Å². The summed E-state index contributed by atoms with van der Waals surface area (Å²) in [6.45, 7) is 1.84. The lowest BCUT2D eigenvalue weighted by Crippen LogP contribution is -2.03. The minimum atomic E-state index is -0.297. The van der Waals surface area contributed by atoms with Gasteiger partial charge in [0.1, 0.15) is 5.75 Å². The molecule has 0 saturated carbocycles. The summed E-state index contributed by atoms with van der Waals surface area (Å²) in [5.74, 6) is 1.12. The Bertz CT molecular complexity index is 489. The molecule has 1 heterocycles. The molecule has 0 aliphatic rings. The van der Waals surface area contributed by atoms with Gasteiger partial charge in [0.2, 0.25) is 0 Å². The van der Waals surface area contributed by atoms with E-state index in [0.717, 1.165) is 0 Å². The lowest BCUT2D eigenvalue weighted by atomic mass is 10.3. The van der Waals surface area contributed by atoms with Crippen LogP contribution in [0.5, 0.6) is 5.75 Å². The molecule has 0 amide bonds. The van der Waals surface area contributed by atoms with E-state index in [0.29, 0.717) is 20.6 Å². The number of aromatic nitrogens is 2. The van der Waals surface area contributed by atoms with Crippen LogP contribution in [0, 0.1) is 3.90 Å². The van der Waals surface area contributed by atoms with E-state index < -0.39 is 0 Å². The van der Waals surface area contributed by atoms with E-state index >= 15 is 0 Å². The van der Waals surface area contributed by atoms with Crippen LogP contribution in [0.2, 0.25) is 5.02 Å². The molecule has 16 heavy (non-hydrogen) atoms. The van der Waals surface area contributed by atoms with Crippen LogP contribution in [0.25, 0.3) is 0 Å². The lowest BCUT2D eigenvalue weighted by Gasteiger charge is -2.10. The first kappa shape index (κ1) is 11.7. The summed E-state index contributed by atoms with van der Waals surface area (Å²) >= 11 is 7.80. The van der Waals surface area contributed by atoms with Crippen molar-refractivity contribution < 1.29 is 9.15 Å². The largest absolute Gasteiger partial charge is 0.481 e. The van der Waals surface area contributed by atoms with Gasteiger partial charge in [0.15, 0.2) is 6.10 Å². The summed E-state index contributed by atoms with van der Waals surface area (Å²) in [7, 11) is 0. The summed E-state index contributed by atoms with van der Waals surface area (Å²) in [6.07, 6.45) is -0.297. The van der Waals surface area contributed by atoms with Crippen LogP contribution in [0.15, 0.2) is 28.7 Å². The van der Waals surface area contributed by atoms with E-state index in [4.69, 9.17) is 20.8 Å². The normalized spacial score (nSPS) is 12.4. The highest BCUT2D eigenvalue weighted by Crippen LogP contribution is 2.23. The molecule has 6 heteroatoms. The van der Waals surface area contributed by atoms with Crippen molar-refractivity contribution in [3.63, 3.8) is 0 Å². The highest BCUT2D eigenvalue weighted by molar-refractivity contribution is 14.1. The van der Waals surface area contributed by atoms with Crippen molar-refractivity contribution in [1.82, 2.24) is 10.2 Å². The number of benzene rings is 1. The molecule has 0 saturated heterocycles. The van der Waals surface area contributed by atoms with E-state index in [9.17, 15) is 0 Å². The average Bonchev–Trinajstić information content (AvgIpc) is 2.65. The Morgan fingerprint density at radius 2 is 2.25 bits per heavy atom. The number of hydrogen-bond donors (Lipinski definition) is 0. The molecule has 0 bridgehead atoms. The first-order valence-corrected chi connectivity index (χ1v) is 6.02. The monoisotopic (exact) mass is 350 g/mol. The summed E-state index contributed by atoms with van der Waals surface area (Å²) < 4.78 is 11.4. The van der Waals surface area contributed by atoms with Crippen LogP contribution in [0.3, 0.4) is 0 Å². The Kier molecular flexibility index (Phi) is 3.65. The molecule has 2 rings (SSSR count). The molecule has 0 N–H and O–H groups in total. The van der Waals surface area contributed by atoms with Crippen LogP contribution in [0.1, 0.15) is 18.9 Å². The molecule has 1 unspecified atom stereocenters. The van der Waals surface area contributed by atoms with Crippen LogP contribution in [0.4, 0.5) is 0 Å². The molecule has 2 aromatic rings. The van der Waals surface area contributed by atoms with Crippen molar-refractivity contribution in [3.05, 3.63) is 39.1 Å². The second-order valence-electron chi connectivity index (χ2n) is 3.11. The van der Waals surface area contributed by atoms with Gasteiger partial charge in [0, 0.05) is 27.6 Å². The summed E-state index contributed by atoms with van der Waals surface area (Å²) in [4.78, 5) is 0. The van der Waals surface area contributed by atoms with Crippen molar-refractivity contribution in [1.29, 1.82) is 0 Å². The van der Waals surface area contributed by atoms with E-state index in [1.54, 1.807) is 12.1 Å². The fourth-order valence-corrected chi connectivity index (χ4v) is 1.69. The molecule has 84 valence electrons. The van der Waals surface area contributed by atoms with Gasteiger partial charge in [-0.15, -0.1) is 10.2 Å². The van der Waals surface area contributed by atoms with Gasteiger partial charge in [-0.05, 0) is 25.1 Å². The maximum Gasteiger partial charge on any atom is 0.278 e. The fraction of sp³-hybridized carbons (Fsp3) is 0.200. The Labute approximate surface area is 111 Å². The maximum absolute atomic E-state index is 5.85. The predicted octanol–water partition coefficient (Wildman–Crippen LogP) is 3.47. The fourth-order valence-electron chi connectivity index (χ4n) is 1.17. The average molecular weight is 351 g/mol. The number of nitrogens with zero attached hydrogens (tertiary/aromatic N) is 2. The SMILES string of the molecule is CC(Oc1cccc(Cl)c1)c1nnc(I)o1. The molecular weight excluding hydrogens is 342 g/mol. The molecule has 0 fully saturated rings. The third-order valence-electron chi connectivity index (χ3n) is 1.87. The molecule has 0 aliphatic carbocycles. The lowest BCUT2D eigenvalue weighted by molar-refractivity contribution is 0.186. The zero-order valence-electron chi connectivity index (χ0n) is 8.35. The van der Waals surface area contributed by atoms with Gasteiger partial charge in [0.05, 0.1) is 0 Å². The molecule has 1 atom stereocenters. The Balaban J connectivity index is 2.10. The standard InChI is InChI=1S/C10H8ClIN2O2/c1-6(9-13-14-10(12)16-9)15-8-4-2-3-7(11)5-8/h2-6H,1H3. The number of rotatable bonds is 3. The second kappa shape index (κ2) is 5.01. The zero-order valence-corrected chi connectivity index (χ0v) is 11.3. The Hall–Kier alpha value is -0.820. The molecule has 1 aromatic heterocycles. The molecular formula is C10H8ClIN2O2. The minimum Gasteiger partial charge on any atom is -0.481 e. The van der Waals surface area contributed by atoms with Gasteiger partial charge in [0.25, 0.3) is 9.79 Å². The number of hydrogen-bond acceptors (Lipinski definition) is 4.